The molecular weight excluding hydrogens is 454 g/mol. The minimum absolute atomic E-state index is 0.715. The van der Waals surface area contributed by atoms with Crippen molar-refractivity contribution in [3.63, 3.8) is 0 Å². The van der Waals surface area contributed by atoms with Gasteiger partial charge in [-0.1, -0.05) is 60.2 Å². The van der Waals surface area contributed by atoms with E-state index in [9.17, 15) is 0 Å². The molecule has 37 heavy (non-hydrogen) atoms. The van der Waals surface area contributed by atoms with Gasteiger partial charge in [-0.2, -0.15) is 0 Å². The first-order valence-electron chi connectivity index (χ1n) is 13.2. The molecule has 0 unspecified atom stereocenters. The van der Waals surface area contributed by atoms with Crippen molar-refractivity contribution in [1.82, 2.24) is 15.2 Å². The number of allylic oxidation sites excluding steroid dienone is 2. The third kappa shape index (κ3) is 7.25. The van der Waals surface area contributed by atoms with Gasteiger partial charge < -0.3 is 10.2 Å². The number of hydrogen-bond donors (Lipinski definition) is 1. The third-order valence-corrected chi connectivity index (χ3v) is 6.79. The SMILES string of the molecule is C/C=C(/C=C\C=NC)CN(c1ccc(CN2CCNCC2)cc1)c1nc(-c2ccc(C)cc2)ccc1C. The van der Waals surface area contributed by atoms with Gasteiger partial charge in [0.2, 0.25) is 0 Å². The molecule has 4 rings (SSSR count). The number of aromatic nitrogens is 1. The summed E-state index contributed by atoms with van der Waals surface area (Å²) in [5.41, 5.74) is 8.19. The molecule has 1 fully saturated rings. The van der Waals surface area contributed by atoms with Gasteiger partial charge in [0, 0.05) is 63.8 Å². The minimum atomic E-state index is 0.715. The second-order valence-corrected chi connectivity index (χ2v) is 9.61. The van der Waals surface area contributed by atoms with Crippen LogP contribution in [0, 0.1) is 13.8 Å². The molecule has 2 heterocycles. The van der Waals surface area contributed by atoms with E-state index < -0.39 is 0 Å². The number of aryl methyl sites for hydroxylation is 2. The van der Waals surface area contributed by atoms with E-state index >= 15 is 0 Å². The van der Waals surface area contributed by atoms with Gasteiger partial charge >= 0.3 is 0 Å². The van der Waals surface area contributed by atoms with Crippen LogP contribution in [0.1, 0.15) is 23.6 Å². The zero-order valence-electron chi connectivity index (χ0n) is 22.6. The summed E-state index contributed by atoms with van der Waals surface area (Å²) < 4.78 is 0. The highest BCUT2D eigenvalue weighted by Crippen LogP contribution is 2.31. The molecule has 0 aliphatic carbocycles. The predicted molar refractivity (Wildman–Crippen MR) is 158 cm³/mol. The molecule has 5 nitrogen and oxygen atoms in total. The van der Waals surface area contributed by atoms with Crippen LogP contribution in [0.2, 0.25) is 0 Å². The summed E-state index contributed by atoms with van der Waals surface area (Å²) in [6.07, 6.45) is 8.09. The first-order chi connectivity index (χ1) is 18.1. The van der Waals surface area contributed by atoms with E-state index in [0.29, 0.717) is 6.54 Å². The van der Waals surface area contributed by atoms with Crippen LogP contribution < -0.4 is 10.2 Å². The molecule has 0 bridgehead atoms. The molecule has 3 aromatic rings. The fourth-order valence-electron chi connectivity index (χ4n) is 4.55. The van der Waals surface area contributed by atoms with E-state index in [0.717, 1.165) is 61.0 Å². The number of anilines is 2. The Morgan fingerprint density at radius 1 is 1.00 bits per heavy atom. The Bertz CT molecular complexity index is 1230. The molecular formula is C32H39N5. The second kappa shape index (κ2) is 13.1. The molecule has 0 atom stereocenters. The van der Waals surface area contributed by atoms with Gasteiger partial charge in [-0.25, -0.2) is 4.98 Å². The summed E-state index contributed by atoms with van der Waals surface area (Å²) in [6, 6.07) is 21.9. The van der Waals surface area contributed by atoms with Crippen LogP contribution in [0.25, 0.3) is 11.3 Å². The summed E-state index contributed by atoms with van der Waals surface area (Å²) in [5, 5.41) is 3.43. The van der Waals surface area contributed by atoms with E-state index in [2.05, 4.69) is 114 Å². The Morgan fingerprint density at radius 2 is 1.73 bits per heavy atom. The van der Waals surface area contributed by atoms with Gasteiger partial charge in [0.25, 0.3) is 0 Å². The number of pyridine rings is 1. The summed E-state index contributed by atoms with van der Waals surface area (Å²) in [5.74, 6) is 0.977. The molecule has 1 aliphatic heterocycles. The zero-order valence-corrected chi connectivity index (χ0v) is 22.6. The molecule has 1 aliphatic rings. The first-order valence-corrected chi connectivity index (χ1v) is 13.2. The van der Waals surface area contributed by atoms with E-state index in [1.54, 1.807) is 7.05 Å². The fourth-order valence-corrected chi connectivity index (χ4v) is 4.55. The zero-order chi connectivity index (χ0) is 26.0. The van der Waals surface area contributed by atoms with Gasteiger partial charge in [-0.3, -0.25) is 9.89 Å². The lowest BCUT2D eigenvalue weighted by molar-refractivity contribution is 0.233. The van der Waals surface area contributed by atoms with Crippen molar-refractivity contribution in [2.75, 3.05) is 44.7 Å². The van der Waals surface area contributed by atoms with Crippen LogP contribution in [0.3, 0.4) is 0 Å². The van der Waals surface area contributed by atoms with Crippen LogP contribution in [0.15, 0.2) is 89.5 Å². The number of hydrogen-bond acceptors (Lipinski definition) is 5. The van der Waals surface area contributed by atoms with Gasteiger partial charge in [0.15, 0.2) is 0 Å². The maximum absolute atomic E-state index is 5.18. The topological polar surface area (TPSA) is 43.8 Å². The molecule has 2 aromatic carbocycles. The van der Waals surface area contributed by atoms with E-state index in [-0.39, 0.29) is 0 Å². The molecule has 0 spiro atoms. The van der Waals surface area contributed by atoms with Crippen LogP contribution in [-0.2, 0) is 6.54 Å². The standard InChI is InChI=1S/C32H39N5/c1-5-27(7-6-18-33-4)24-37(30-15-11-28(12-16-30)23-36-21-19-34-20-22-36)32-26(3)10-17-31(35-32)29-13-8-25(2)9-14-29/h5-18,34H,19-24H2,1-4H3/b7-6-,27-5-,33-18?. The van der Waals surface area contributed by atoms with Crippen LogP contribution in [-0.4, -0.2) is 55.9 Å². The molecule has 192 valence electrons. The molecule has 0 amide bonds. The smallest absolute Gasteiger partial charge is 0.136 e. The van der Waals surface area contributed by atoms with E-state index in [1.165, 1.54) is 16.7 Å². The fraction of sp³-hybridized carbons (Fsp3) is 0.312. The number of nitrogens with zero attached hydrogens (tertiary/aromatic N) is 4. The molecule has 0 saturated carbocycles. The van der Waals surface area contributed by atoms with Crippen molar-refractivity contribution >= 4 is 17.7 Å². The predicted octanol–water partition coefficient (Wildman–Crippen LogP) is 6.11. The van der Waals surface area contributed by atoms with E-state index in [1.807, 2.05) is 12.3 Å². The number of benzene rings is 2. The average Bonchev–Trinajstić information content (AvgIpc) is 2.93. The normalized spacial score (nSPS) is 15.1. The summed E-state index contributed by atoms with van der Waals surface area (Å²) >= 11 is 0. The van der Waals surface area contributed by atoms with Crippen LogP contribution in [0.5, 0.6) is 0 Å². The Labute approximate surface area is 222 Å². The summed E-state index contributed by atoms with van der Waals surface area (Å²) in [4.78, 5) is 14.1. The minimum Gasteiger partial charge on any atom is -0.322 e. The van der Waals surface area contributed by atoms with Crippen molar-refractivity contribution in [3.05, 3.63) is 101 Å². The lowest BCUT2D eigenvalue weighted by Crippen LogP contribution is -2.42. The summed E-state index contributed by atoms with van der Waals surface area (Å²) in [6.45, 7) is 12.4. The Hall–Kier alpha value is -3.54. The number of rotatable bonds is 9. The Morgan fingerprint density at radius 3 is 2.41 bits per heavy atom. The lowest BCUT2D eigenvalue weighted by atomic mass is 10.1. The monoisotopic (exact) mass is 493 g/mol. The van der Waals surface area contributed by atoms with Crippen molar-refractivity contribution in [1.29, 1.82) is 0 Å². The van der Waals surface area contributed by atoms with Crippen LogP contribution >= 0.6 is 0 Å². The quantitative estimate of drug-likeness (QED) is 0.288. The Balaban J connectivity index is 1.68. The highest BCUT2D eigenvalue weighted by Gasteiger charge is 2.17. The largest absolute Gasteiger partial charge is 0.322 e. The average molecular weight is 494 g/mol. The van der Waals surface area contributed by atoms with Crippen molar-refractivity contribution in [2.45, 2.75) is 27.3 Å². The van der Waals surface area contributed by atoms with Crippen molar-refractivity contribution in [3.8, 4) is 11.3 Å². The third-order valence-electron chi connectivity index (χ3n) is 6.79. The van der Waals surface area contributed by atoms with Gasteiger partial charge in [-0.05, 0) is 61.7 Å². The number of piperazine rings is 1. The van der Waals surface area contributed by atoms with E-state index in [4.69, 9.17) is 4.98 Å². The highest BCUT2D eigenvalue weighted by atomic mass is 15.2. The van der Waals surface area contributed by atoms with Gasteiger partial charge in [0.1, 0.15) is 5.82 Å². The maximum Gasteiger partial charge on any atom is 0.136 e. The molecule has 0 radical (unpaired) electrons. The highest BCUT2D eigenvalue weighted by molar-refractivity contribution is 5.73. The number of nitrogens with one attached hydrogen (secondary N) is 1. The molecule has 1 N–H and O–H groups in total. The van der Waals surface area contributed by atoms with Gasteiger partial charge in [0.05, 0.1) is 5.69 Å². The van der Waals surface area contributed by atoms with Gasteiger partial charge in [-0.15, -0.1) is 0 Å². The summed E-state index contributed by atoms with van der Waals surface area (Å²) in [7, 11) is 1.79. The first kappa shape index (κ1) is 26.5. The van der Waals surface area contributed by atoms with Crippen molar-refractivity contribution < 1.29 is 0 Å². The molecule has 1 saturated heterocycles. The number of aliphatic imine (C=N–C) groups is 1. The second-order valence-electron chi connectivity index (χ2n) is 9.61. The maximum atomic E-state index is 5.18. The van der Waals surface area contributed by atoms with Crippen molar-refractivity contribution in [2.24, 2.45) is 4.99 Å². The van der Waals surface area contributed by atoms with Crippen LogP contribution in [0.4, 0.5) is 11.5 Å². The molecule has 5 heteroatoms. The lowest BCUT2D eigenvalue weighted by Gasteiger charge is -2.28. The Kier molecular flexibility index (Phi) is 9.41. The molecule has 1 aromatic heterocycles.